The molecule has 0 aliphatic rings. The maximum absolute atomic E-state index is 6.14. The first-order valence-electron chi connectivity index (χ1n) is 4.62. The maximum atomic E-state index is 6.14. The Hall–Kier alpha value is -1.08. The third kappa shape index (κ3) is 1.48. The minimum absolute atomic E-state index is 0.742. The van der Waals surface area contributed by atoms with Gasteiger partial charge in [-0.05, 0) is 50.1 Å². The molecule has 0 aliphatic heterocycles. The molecule has 0 N–H and O–H groups in total. The van der Waals surface area contributed by atoms with Crippen molar-refractivity contribution in [1.29, 1.82) is 0 Å². The Kier molecular flexibility index (Phi) is 2.20. The summed E-state index contributed by atoms with van der Waals surface area (Å²) in [5.74, 6) is 0. The van der Waals surface area contributed by atoms with Gasteiger partial charge in [0.2, 0.25) is 0 Å². The second-order valence-electron chi connectivity index (χ2n) is 3.72. The first kappa shape index (κ1) is 9.47. The molecule has 0 amide bonds. The van der Waals surface area contributed by atoms with E-state index in [2.05, 4.69) is 24.0 Å². The van der Waals surface area contributed by atoms with Gasteiger partial charge >= 0.3 is 0 Å². The van der Waals surface area contributed by atoms with E-state index in [0.717, 1.165) is 21.6 Å². The fourth-order valence-electron chi connectivity index (χ4n) is 1.75. The average molecular weight is 206 g/mol. The zero-order valence-corrected chi connectivity index (χ0v) is 9.31. The molecule has 2 rings (SSSR count). The highest BCUT2D eigenvalue weighted by atomic mass is 35.5. The van der Waals surface area contributed by atoms with E-state index in [1.54, 1.807) is 0 Å². The lowest BCUT2D eigenvalue weighted by molar-refractivity contribution is 1.23. The molecule has 14 heavy (non-hydrogen) atoms. The van der Waals surface area contributed by atoms with Crippen molar-refractivity contribution in [3.8, 4) is 0 Å². The summed E-state index contributed by atoms with van der Waals surface area (Å²) in [5, 5.41) is 1.90. The van der Waals surface area contributed by atoms with Gasteiger partial charge in [0.15, 0.2) is 0 Å². The van der Waals surface area contributed by atoms with Crippen LogP contribution in [0.2, 0.25) is 5.02 Å². The quantitative estimate of drug-likeness (QED) is 0.637. The Balaban J connectivity index is 2.94. The van der Waals surface area contributed by atoms with Crippen LogP contribution in [0, 0.1) is 20.8 Å². The highest BCUT2D eigenvalue weighted by Crippen LogP contribution is 2.26. The summed E-state index contributed by atoms with van der Waals surface area (Å²) in [6.45, 7) is 6.13. The number of hydrogen-bond acceptors (Lipinski definition) is 1. The third-order valence-corrected chi connectivity index (χ3v) is 2.63. The Morgan fingerprint density at radius 1 is 1.07 bits per heavy atom. The molecule has 1 aromatic heterocycles. The Bertz CT molecular complexity index is 456. The van der Waals surface area contributed by atoms with Crippen LogP contribution in [-0.2, 0) is 0 Å². The second-order valence-corrected chi connectivity index (χ2v) is 4.13. The molecule has 0 radical (unpaired) electrons. The number of hydrogen-bond donors (Lipinski definition) is 0. The van der Waals surface area contributed by atoms with E-state index in [4.69, 9.17) is 11.6 Å². The van der Waals surface area contributed by atoms with Crippen molar-refractivity contribution in [2.24, 2.45) is 0 Å². The molecule has 1 aromatic carbocycles. The Morgan fingerprint density at radius 2 is 1.79 bits per heavy atom. The van der Waals surface area contributed by atoms with E-state index >= 15 is 0 Å². The SMILES string of the molecule is Cc1cc(Cl)c2nc(C)cc(C)c2c1. The normalized spacial score (nSPS) is 10.9. The van der Waals surface area contributed by atoms with Gasteiger partial charge in [0.25, 0.3) is 0 Å². The van der Waals surface area contributed by atoms with Crippen molar-refractivity contribution in [2.45, 2.75) is 20.8 Å². The molecule has 1 heterocycles. The van der Waals surface area contributed by atoms with Crippen LogP contribution in [0.3, 0.4) is 0 Å². The number of fused-ring (bicyclic) bond motifs is 1. The van der Waals surface area contributed by atoms with Gasteiger partial charge in [0.05, 0.1) is 10.5 Å². The highest BCUT2D eigenvalue weighted by Gasteiger charge is 2.04. The van der Waals surface area contributed by atoms with Crippen LogP contribution in [-0.4, -0.2) is 4.98 Å². The van der Waals surface area contributed by atoms with Gasteiger partial charge in [-0.25, -0.2) is 0 Å². The van der Waals surface area contributed by atoms with E-state index in [1.807, 2.05) is 19.9 Å². The van der Waals surface area contributed by atoms with Crippen LogP contribution in [0.25, 0.3) is 10.9 Å². The predicted molar refractivity (Wildman–Crippen MR) is 61.0 cm³/mol. The van der Waals surface area contributed by atoms with Gasteiger partial charge in [0, 0.05) is 11.1 Å². The molecule has 72 valence electrons. The number of benzene rings is 1. The molecule has 2 aromatic rings. The fraction of sp³-hybridized carbons (Fsp3) is 0.250. The summed E-state index contributed by atoms with van der Waals surface area (Å²) in [6, 6.07) is 6.16. The molecule has 0 bridgehead atoms. The van der Waals surface area contributed by atoms with Gasteiger partial charge in [-0.1, -0.05) is 11.6 Å². The van der Waals surface area contributed by atoms with E-state index in [1.165, 1.54) is 11.1 Å². The first-order valence-corrected chi connectivity index (χ1v) is 5.00. The monoisotopic (exact) mass is 205 g/mol. The lowest BCUT2D eigenvalue weighted by atomic mass is 10.1. The molecule has 0 aliphatic carbocycles. The van der Waals surface area contributed by atoms with Crippen molar-refractivity contribution in [1.82, 2.24) is 4.98 Å². The molecular weight excluding hydrogens is 194 g/mol. The molecule has 1 nitrogen and oxygen atoms in total. The highest BCUT2D eigenvalue weighted by molar-refractivity contribution is 6.35. The number of nitrogens with zero attached hydrogens (tertiary/aromatic N) is 1. The number of halogens is 1. The van der Waals surface area contributed by atoms with Crippen LogP contribution in [0.1, 0.15) is 16.8 Å². The summed E-state index contributed by atoms with van der Waals surface area (Å²) in [4.78, 5) is 4.45. The molecule has 0 saturated heterocycles. The zero-order chi connectivity index (χ0) is 10.3. The van der Waals surface area contributed by atoms with E-state index < -0.39 is 0 Å². The van der Waals surface area contributed by atoms with E-state index in [9.17, 15) is 0 Å². The molecule has 0 spiro atoms. The molecule has 0 saturated carbocycles. The third-order valence-electron chi connectivity index (χ3n) is 2.35. The standard InChI is InChI=1S/C12H12ClN/c1-7-4-10-8(2)6-9(3)14-12(10)11(13)5-7/h4-6H,1-3H3. The minimum Gasteiger partial charge on any atom is -0.252 e. The van der Waals surface area contributed by atoms with Crippen molar-refractivity contribution in [3.05, 3.63) is 40.0 Å². The summed E-state index contributed by atoms with van der Waals surface area (Å²) in [5.41, 5.74) is 4.34. The summed E-state index contributed by atoms with van der Waals surface area (Å²) < 4.78 is 0. The van der Waals surface area contributed by atoms with Crippen LogP contribution in [0.5, 0.6) is 0 Å². The smallest absolute Gasteiger partial charge is 0.0894 e. The lowest BCUT2D eigenvalue weighted by Gasteiger charge is -2.06. The maximum Gasteiger partial charge on any atom is 0.0894 e. The van der Waals surface area contributed by atoms with Gasteiger partial charge in [-0.15, -0.1) is 0 Å². The zero-order valence-electron chi connectivity index (χ0n) is 8.56. The molecule has 0 unspecified atom stereocenters. The Morgan fingerprint density at radius 3 is 2.50 bits per heavy atom. The number of rotatable bonds is 0. The van der Waals surface area contributed by atoms with Gasteiger partial charge < -0.3 is 0 Å². The van der Waals surface area contributed by atoms with Crippen LogP contribution < -0.4 is 0 Å². The molecule has 0 fully saturated rings. The van der Waals surface area contributed by atoms with Gasteiger partial charge in [-0.2, -0.15) is 0 Å². The van der Waals surface area contributed by atoms with Crippen molar-refractivity contribution < 1.29 is 0 Å². The summed E-state index contributed by atoms with van der Waals surface area (Å²) >= 11 is 6.14. The largest absolute Gasteiger partial charge is 0.252 e. The lowest BCUT2D eigenvalue weighted by Crippen LogP contribution is -1.89. The topological polar surface area (TPSA) is 12.9 Å². The molecule has 0 atom stereocenters. The van der Waals surface area contributed by atoms with Crippen molar-refractivity contribution in [3.63, 3.8) is 0 Å². The second kappa shape index (κ2) is 3.25. The molecule has 2 heteroatoms. The van der Waals surface area contributed by atoms with Gasteiger partial charge in [-0.3, -0.25) is 4.98 Å². The van der Waals surface area contributed by atoms with E-state index in [0.29, 0.717) is 0 Å². The first-order chi connectivity index (χ1) is 6.58. The Labute approximate surface area is 88.7 Å². The predicted octanol–water partition coefficient (Wildman–Crippen LogP) is 3.81. The van der Waals surface area contributed by atoms with Crippen LogP contribution in [0.4, 0.5) is 0 Å². The molecular formula is C12H12ClN. The van der Waals surface area contributed by atoms with Gasteiger partial charge in [0.1, 0.15) is 0 Å². The van der Waals surface area contributed by atoms with E-state index in [-0.39, 0.29) is 0 Å². The van der Waals surface area contributed by atoms with Crippen molar-refractivity contribution in [2.75, 3.05) is 0 Å². The number of aromatic nitrogens is 1. The summed E-state index contributed by atoms with van der Waals surface area (Å²) in [7, 11) is 0. The number of pyridine rings is 1. The number of aryl methyl sites for hydroxylation is 3. The minimum atomic E-state index is 0.742. The van der Waals surface area contributed by atoms with Crippen molar-refractivity contribution >= 4 is 22.5 Å². The van der Waals surface area contributed by atoms with Crippen LogP contribution in [0.15, 0.2) is 18.2 Å². The average Bonchev–Trinajstić information content (AvgIpc) is 2.07. The van der Waals surface area contributed by atoms with Crippen LogP contribution >= 0.6 is 11.6 Å². The summed E-state index contributed by atoms with van der Waals surface area (Å²) in [6.07, 6.45) is 0. The fourth-order valence-corrected chi connectivity index (χ4v) is 2.06.